The summed E-state index contributed by atoms with van der Waals surface area (Å²) in [7, 11) is 0. The Hall–Kier alpha value is -2.10. The third-order valence-corrected chi connectivity index (χ3v) is 3.42. The van der Waals surface area contributed by atoms with Gasteiger partial charge in [0.2, 0.25) is 0 Å². The van der Waals surface area contributed by atoms with Crippen LogP contribution in [0.25, 0.3) is 10.9 Å². The van der Waals surface area contributed by atoms with Crippen LogP contribution in [0.4, 0.5) is 0 Å². The Morgan fingerprint density at radius 1 is 1.48 bits per heavy atom. The molecule has 1 aromatic heterocycles. The Bertz CT molecular complexity index is 703. The molecule has 0 bridgehead atoms. The zero-order valence-electron chi connectivity index (χ0n) is 12.8. The molecule has 0 saturated carbocycles. The van der Waals surface area contributed by atoms with Crippen molar-refractivity contribution in [2.75, 3.05) is 0 Å². The van der Waals surface area contributed by atoms with Crippen LogP contribution in [-0.2, 0) is 6.42 Å². The van der Waals surface area contributed by atoms with Gasteiger partial charge in [-0.25, -0.2) is 4.79 Å². The molecule has 0 saturated heterocycles. The van der Waals surface area contributed by atoms with E-state index in [1.807, 2.05) is 32.9 Å². The summed E-state index contributed by atoms with van der Waals surface area (Å²) < 4.78 is 10.7. The highest BCUT2D eigenvalue weighted by molar-refractivity contribution is 5.81. The van der Waals surface area contributed by atoms with Gasteiger partial charge in [0.25, 0.3) is 0 Å². The van der Waals surface area contributed by atoms with E-state index < -0.39 is 5.63 Å². The van der Waals surface area contributed by atoms with Gasteiger partial charge in [0.15, 0.2) is 0 Å². The first-order valence-electron chi connectivity index (χ1n) is 7.25. The van der Waals surface area contributed by atoms with E-state index in [0.717, 1.165) is 30.4 Å². The average molecular weight is 287 g/mol. The van der Waals surface area contributed by atoms with E-state index in [9.17, 15) is 4.79 Å². The SMILES string of the molecule is C=C(C)CCc1cccc2nc(OC(C)CC)oc(=O)c12. The van der Waals surface area contributed by atoms with Crippen LogP contribution in [-0.4, -0.2) is 11.1 Å². The molecule has 4 nitrogen and oxygen atoms in total. The minimum absolute atomic E-state index is 0.0373. The Labute approximate surface area is 124 Å². The molecule has 1 atom stereocenters. The Kier molecular flexibility index (Phi) is 4.78. The standard InChI is InChI=1S/C17H21NO3/c1-5-12(4)20-17-18-14-8-6-7-13(10-9-11(2)3)15(14)16(19)21-17/h6-8,12H,2,5,9-10H2,1,3-4H3. The van der Waals surface area contributed by atoms with Crippen molar-refractivity contribution >= 4 is 10.9 Å². The van der Waals surface area contributed by atoms with E-state index >= 15 is 0 Å². The third kappa shape index (κ3) is 3.72. The molecule has 21 heavy (non-hydrogen) atoms. The molecule has 0 N–H and O–H groups in total. The summed E-state index contributed by atoms with van der Waals surface area (Å²) in [5, 5.41) is 0.537. The van der Waals surface area contributed by atoms with E-state index in [2.05, 4.69) is 11.6 Å². The number of aromatic nitrogens is 1. The van der Waals surface area contributed by atoms with Crippen LogP contribution in [0.5, 0.6) is 6.08 Å². The summed E-state index contributed by atoms with van der Waals surface area (Å²) in [5.74, 6) is 0. The van der Waals surface area contributed by atoms with E-state index in [0.29, 0.717) is 10.9 Å². The maximum absolute atomic E-state index is 12.2. The fourth-order valence-corrected chi connectivity index (χ4v) is 2.03. The highest BCUT2D eigenvalue weighted by atomic mass is 16.6. The Morgan fingerprint density at radius 3 is 2.90 bits per heavy atom. The molecule has 0 amide bonds. The number of aryl methyl sites for hydroxylation is 1. The molecule has 4 heteroatoms. The zero-order chi connectivity index (χ0) is 15.4. The molecular weight excluding hydrogens is 266 g/mol. The van der Waals surface area contributed by atoms with Crippen molar-refractivity contribution in [3.05, 3.63) is 46.3 Å². The third-order valence-electron chi connectivity index (χ3n) is 3.42. The topological polar surface area (TPSA) is 52.3 Å². The van der Waals surface area contributed by atoms with Gasteiger partial charge in [-0.2, -0.15) is 4.98 Å². The fourth-order valence-electron chi connectivity index (χ4n) is 2.03. The molecule has 0 aliphatic carbocycles. The lowest BCUT2D eigenvalue weighted by molar-refractivity contribution is 0.149. The van der Waals surface area contributed by atoms with Crippen LogP contribution in [0, 0.1) is 0 Å². The van der Waals surface area contributed by atoms with Crippen LogP contribution in [0.1, 0.15) is 39.2 Å². The molecule has 0 fully saturated rings. The van der Waals surface area contributed by atoms with Gasteiger partial charge in [-0.05, 0) is 44.7 Å². The van der Waals surface area contributed by atoms with Crippen molar-refractivity contribution in [1.82, 2.24) is 4.98 Å². The summed E-state index contributed by atoms with van der Waals surface area (Å²) >= 11 is 0. The number of fused-ring (bicyclic) bond motifs is 1. The number of benzene rings is 1. The van der Waals surface area contributed by atoms with Crippen LogP contribution in [0.3, 0.4) is 0 Å². The minimum Gasteiger partial charge on any atom is -0.447 e. The number of ether oxygens (including phenoxy) is 1. The van der Waals surface area contributed by atoms with Crippen molar-refractivity contribution < 1.29 is 9.15 Å². The number of rotatable bonds is 6. The Morgan fingerprint density at radius 2 is 2.24 bits per heavy atom. The minimum atomic E-state index is -0.393. The lowest BCUT2D eigenvalue weighted by Crippen LogP contribution is -2.14. The highest BCUT2D eigenvalue weighted by Crippen LogP contribution is 2.19. The van der Waals surface area contributed by atoms with Crippen LogP contribution >= 0.6 is 0 Å². The van der Waals surface area contributed by atoms with E-state index in [1.54, 1.807) is 6.07 Å². The quantitative estimate of drug-likeness (QED) is 0.757. The molecule has 2 aromatic rings. The van der Waals surface area contributed by atoms with Crippen molar-refractivity contribution in [2.45, 2.75) is 46.1 Å². The first-order chi connectivity index (χ1) is 10.0. The molecule has 1 heterocycles. The summed E-state index contributed by atoms with van der Waals surface area (Å²) in [6.07, 6.45) is 2.42. The van der Waals surface area contributed by atoms with Gasteiger partial charge >= 0.3 is 11.7 Å². The predicted octanol–water partition coefficient (Wildman–Crippen LogP) is 3.87. The van der Waals surface area contributed by atoms with Gasteiger partial charge in [-0.15, -0.1) is 6.58 Å². The number of nitrogens with zero attached hydrogens (tertiary/aromatic N) is 1. The van der Waals surface area contributed by atoms with Gasteiger partial charge in [-0.3, -0.25) is 0 Å². The van der Waals surface area contributed by atoms with E-state index in [1.165, 1.54) is 0 Å². The lowest BCUT2D eigenvalue weighted by Gasteiger charge is -2.10. The first-order valence-corrected chi connectivity index (χ1v) is 7.25. The molecular formula is C17H21NO3. The van der Waals surface area contributed by atoms with Crippen molar-refractivity contribution in [3.63, 3.8) is 0 Å². The van der Waals surface area contributed by atoms with E-state index in [4.69, 9.17) is 9.15 Å². The molecule has 112 valence electrons. The molecule has 1 aromatic carbocycles. The molecule has 0 aliphatic heterocycles. The van der Waals surface area contributed by atoms with E-state index in [-0.39, 0.29) is 12.2 Å². The van der Waals surface area contributed by atoms with Gasteiger partial charge in [0.05, 0.1) is 10.9 Å². The molecule has 0 aliphatic rings. The van der Waals surface area contributed by atoms with Gasteiger partial charge in [0, 0.05) is 0 Å². The smallest absolute Gasteiger partial charge is 0.397 e. The summed E-state index contributed by atoms with van der Waals surface area (Å²) in [6, 6.07) is 5.63. The maximum atomic E-state index is 12.2. The number of allylic oxidation sites excluding steroid dienone is 1. The lowest BCUT2D eigenvalue weighted by atomic mass is 10.0. The summed E-state index contributed by atoms with van der Waals surface area (Å²) in [4.78, 5) is 16.5. The van der Waals surface area contributed by atoms with Gasteiger partial charge in [0.1, 0.15) is 6.10 Å². The predicted molar refractivity (Wildman–Crippen MR) is 83.8 cm³/mol. The van der Waals surface area contributed by atoms with Crippen LogP contribution in [0.15, 0.2) is 39.6 Å². The maximum Gasteiger partial charge on any atom is 0.397 e. The second kappa shape index (κ2) is 6.57. The number of hydrogen-bond donors (Lipinski definition) is 0. The van der Waals surface area contributed by atoms with Crippen LogP contribution in [0.2, 0.25) is 0 Å². The normalized spacial score (nSPS) is 12.3. The largest absolute Gasteiger partial charge is 0.447 e. The molecule has 0 spiro atoms. The monoisotopic (exact) mass is 287 g/mol. The molecule has 2 rings (SSSR count). The number of hydrogen-bond acceptors (Lipinski definition) is 4. The van der Waals surface area contributed by atoms with Crippen LogP contribution < -0.4 is 10.4 Å². The fraction of sp³-hybridized carbons (Fsp3) is 0.412. The summed E-state index contributed by atoms with van der Waals surface area (Å²) in [5.41, 5.74) is 2.24. The highest BCUT2D eigenvalue weighted by Gasteiger charge is 2.12. The second-order valence-electron chi connectivity index (χ2n) is 5.37. The molecule has 1 unspecified atom stereocenters. The second-order valence-corrected chi connectivity index (χ2v) is 5.37. The van der Waals surface area contributed by atoms with Crippen molar-refractivity contribution in [3.8, 4) is 6.08 Å². The van der Waals surface area contributed by atoms with Crippen molar-refractivity contribution in [2.24, 2.45) is 0 Å². The molecule has 0 radical (unpaired) electrons. The zero-order valence-corrected chi connectivity index (χ0v) is 12.8. The summed E-state index contributed by atoms with van der Waals surface area (Å²) in [6.45, 7) is 9.78. The Balaban J connectivity index is 2.42. The first kappa shape index (κ1) is 15.3. The van der Waals surface area contributed by atoms with Crippen molar-refractivity contribution in [1.29, 1.82) is 0 Å². The van der Waals surface area contributed by atoms with Gasteiger partial charge < -0.3 is 9.15 Å². The average Bonchev–Trinajstić information content (AvgIpc) is 2.44. The van der Waals surface area contributed by atoms with Gasteiger partial charge in [-0.1, -0.05) is 24.6 Å².